The molecule has 2 aromatic rings. The van der Waals surface area contributed by atoms with E-state index >= 15 is 0 Å². The summed E-state index contributed by atoms with van der Waals surface area (Å²) in [5.41, 5.74) is 2.01. The first kappa shape index (κ1) is 14.1. The highest BCUT2D eigenvalue weighted by Crippen LogP contribution is 2.29. The first-order chi connectivity index (χ1) is 9.80. The smallest absolute Gasteiger partial charge is 0.227 e. The average molecular weight is 269 g/mol. The van der Waals surface area contributed by atoms with E-state index in [1.165, 1.54) is 6.33 Å². The van der Waals surface area contributed by atoms with E-state index in [9.17, 15) is 0 Å². The number of nitrogens with one attached hydrogen (secondary N) is 1. The Kier molecular flexibility index (Phi) is 4.71. The summed E-state index contributed by atoms with van der Waals surface area (Å²) in [7, 11) is 1.85. The molecule has 1 heterocycles. The number of hydrogen-bond donors (Lipinski definition) is 1. The second-order valence-corrected chi connectivity index (χ2v) is 4.25. The summed E-state index contributed by atoms with van der Waals surface area (Å²) >= 11 is 0. The van der Waals surface area contributed by atoms with Crippen molar-refractivity contribution < 1.29 is 4.74 Å². The van der Waals surface area contributed by atoms with E-state index in [0.717, 1.165) is 29.1 Å². The Bertz CT molecular complexity index is 608. The van der Waals surface area contributed by atoms with Crippen molar-refractivity contribution in [3.63, 3.8) is 0 Å². The van der Waals surface area contributed by atoms with Crippen LogP contribution >= 0.6 is 0 Å². The summed E-state index contributed by atoms with van der Waals surface area (Å²) in [6.07, 6.45) is 6.32. The van der Waals surface area contributed by atoms with Gasteiger partial charge in [-0.15, -0.1) is 0 Å². The van der Waals surface area contributed by atoms with Gasteiger partial charge >= 0.3 is 0 Å². The van der Waals surface area contributed by atoms with Crippen LogP contribution in [-0.4, -0.2) is 17.0 Å². The van der Waals surface area contributed by atoms with Crippen molar-refractivity contribution in [2.45, 2.75) is 20.3 Å². The lowest BCUT2D eigenvalue weighted by atomic mass is 10.2. The summed E-state index contributed by atoms with van der Waals surface area (Å²) in [5, 5.41) is 3.07. The molecule has 0 aliphatic rings. The van der Waals surface area contributed by atoms with Crippen molar-refractivity contribution in [2.75, 3.05) is 12.4 Å². The SMILES string of the molecule is C/C=C/c1ccccc1Oc1ncnc(NC)c1CC. The summed E-state index contributed by atoms with van der Waals surface area (Å²) in [6.45, 7) is 4.04. The Morgan fingerprint density at radius 2 is 2.05 bits per heavy atom. The molecule has 0 saturated carbocycles. The number of ether oxygens (including phenoxy) is 1. The van der Waals surface area contributed by atoms with Gasteiger partial charge in [0, 0.05) is 12.6 Å². The Morgan fingerprint density at radius 1 is 1.25 bits per heavy atom. The molecule has 20 heavy (non-hydrogen) atoms. The Labute approximate surface area is 119 Å². The van der Waals surface area contributed by atoms with Gasteiger partial charge in [-0.1, -0.05) is 37.3 Å². The molecule has 0 aliphatic heterocycles. The third kappa shape index (κ3) is 2.96. The standard InChI is InChI=1S/C16H19N3O/c1-4-8-12-9-6-7-10-14(12)20-16-13(5-2)15(17-3)18-11-19-16/h4,6-11H,5H2,1-3H3,(H,17,18,19)/b8-4+. The molecule has 1 aromatic carbocycles. The zero-order chi connectivity index (χ0) is 14.4. The molecule has 1 N–H and O–H groups in total. The molecule has 0 bridgehead atoms. The highest BCUT2D eigenvalue weighted by molar-refractivity contribution is 5.58. The fourth-order valence-corrected chi connectivity index (χ4v) is 2.01. The van der Waals surface area contributed by atoms with E-state index in [0.29, 0.717) is 5.88 Å². The van der Waals surface area contributed by atoms with Crippen LogP contribution < -0.4 is 10.1 Å². The van der Waals surface area contributed by atoms with Crippen LogP contribution in [0.15, 0.2) is 36.7 Å². The van der Waals surface area contributed by atoms with Crippen molar-refractivity contribution >= 4 is 11.9 Å². The highest BCUT2D eigenvalue weighted by Gasteiger charge is 2.11. The molecule has 0 aliphatic carbocycles. The van der Waals surface area contributed by atoms with Gasteiger partial charge in [-0.05, 0) is 19.4 Å². The number of nitrogens with zero attached hydrogens (tertiary/aromatic N) is 2. The molecular weight excluding hydrogens is 250 g/mol. The third-order valence-corrected chi connectivity index (χ3v) is 2.97. The van der Waals surface area contributed by atoms with Crippen molar-refractivity contribution in [3.05, 3.63) is 47.8 Å². The first-order valence-electron chi connectivity index (χ1n) is 6.71. The fraction of sp³-hybridized carbons (Fsp3) is 0.250. The predicted octanol–water partition coefficient (Wildman–Crippen LogP) is 3.91. The maximum Gasteiger partial charge on any atom is 0.227 e. The van der Waals surface area contributed by atoms with E-state index < -0.39 is 0 Å². The number of anilines is 1. The minimum atomic E-state index is 0.601. The number of benzene rings is 1. The molecule has 0 spiro atoms. The molecule has 1 aromatic heterocycles. The van der Waals surface area contributed by atoms with Crippen LogP contribution in [0, 0.1) is 0 Å². The van der Waals surface area contributed by atoms with Crippen LogP contribution in [0.25, 0.3) is 6.08 Å². The number of hydrogen-bond acceptors (Lipinski definition) is 4. The van der Waals surface area contributed by atoms with Crippen molar-refractivity contribution in [1.29, 1.82) is 0 Å². The lowest BCUT2D eigenvalue weighted by Crippen LogP contribution is -2.02. The molecule has 2 rings (SSSR count). The Balaban J connectivity index is 2.40. The van der Waals surface area contributed by atoms with Gasteiger partial charge in [-0.25, -0.2) is 9.97 Å². The molecule has 0 unspecified atom stereocenters. The molecule has 0 atom stereocenters. The first-order valence-corrected chi connectivity index (χ1v) is 6.71. The Morgan fingerprint density at radius 3 is 2.75 bits per heavy atom. The molecule has 0 saturated heterocycles. The van der Waals surface area contributed by atoms with Crippen LogP contribution in [0.3, 0.4) is 0 Å². The van der Waals surface area contributed by atoms with E-state index in [4.69, 9.17) is 4.74 Å². The highest BCUT2D eigenvalue weighted by atomic mass is 16.5. The number of aromatic nitrogens is 2. The molecule has 0 amide bonds. The van der Waals surface area contributed by atoms with Crippen LogP contribution in [0.1, 0.15) is 25.0 Å². The maximum absolute atomic E-state index is 5.98. The number of rotatable bonds is 5. The zero-order valence-electron chi connectivity index (χ0n) is 12.1. The monoisotopic (exact) mass is 269 g/mol. The lowest BCUT2D eigenvalue weighted by Gasteiger charge is -2.13. The third-order valence-electron chi connectivity index (χ3n) is 2.97. The minimum Gasteiger partial charge on any atom is -0.438 e. The zero-order valence-corrected chi connectivity index (χ0v) is 12.1. The van der Waals surface area contributed by atoms with Gasteiger partial charge < -0.3 is 10.1 Å². The molecular formula is C16H19N3O. The molecule has 0 fully saturated rings. The Hall–Kier alpha value is -2.36. The molecule has 0 radical (unpaired) electrons. The van der Waals surface area contributed by atoms with Crippen molar-refractivity contribution in [1.82, 2.24) is 9.97 Å². The average Bonchev–Trinajstić information content (AvgIpc) is 2.49. The second kappa shape index (κ2) is 6.70. The summed E-state index contributed by atoms with van der Waals surface area (Å²) in [5.74, 6) is 2.20. The van der Waals surface area contributed by atoms with Gasteiger partial charge in [0.15, 0.2) is 0 Å². The van der Waals surface area contributed by atoms with Crippen molar-refractivity contribution in [3.8, 4) is 11.6 Å². The van der Waals surface area contributed by atoms with Gasteiger partial charge in [0.05, 0.1) is 5.56 Å². The topological polar surface area (TPSA) is 47.0 Å². The van der Waals surface area contributed by atoms with Crippen LogP contribution in [0.2, 0.25) is 0 Å². The second-order valence-electron chi connectivity index (χ2n) is 4.25. The quantitative estimate of drug-likeness (QED) is 0.894. The van der Waals surface area contributed by atoms with Gasteiger partial charge in [-0.3, -0.25) is 0 Å². The van der Waals surface area contributed by atoms with E-state index in [2.05, 4.69) is 22.2 Å². The fourth-order valence-electron chi connectivity index (χ4n) is 2.01. The summed E-state index contributed by atoms with van der Waals surface area (Å²) < 4.78 is 5.98. The summed E-state index contributed by atoms with van der Waals surface area (Å²) in [4.78, 5) is 8.47. The van der Waals surface area contributed by atoms with E-state index in [1.54, 1.807) is 0 Å². The molecule has 4 heteroatoms. The molecule has 104 valence electrons. The van der Waals surface area contributed by atoms with E-state index in [1.807, 2.05) is 50.4 Å². The van der Waals surface area contributed by atoms with Gasteiger partial charge in [0.1, 0.15) is 17.9 Å². The van der Waals surface area contributed by atoms with Gasteiger partial charge in [0.25, 0.3) is 0 Å². The van der Waals surface area contributed by atoms with E-state index in [-0.39, 0.29) is 0 Å². The predicted molar refractivity (Wildman–Crippen MR) is 82.2 cm³/mol. The lowest BCUT2D eigenvalue weighted by molar-refractivity contribution is 0.454. The minimum absolute atomic E-state index is 0.601. The largest absolute Gasteiger partial charge is 0.438 e. The normalized spacial score (nSPS) is 10.8. The van der Waals surface area contributed by atoms with Crippen LogP contribution in [0.4, 0.5) is 5.82 Å². The van der Waals surface area contributed by atoms with Gasteiger partial charge in [0.2, 0.25) is 5.88 Å². The van der Waals surface area contributed by atoms with Crippen LogP contribution in [-0.2, 0) is 6.42 Å². The molecule has 4 nitrogen and oxygen atoms in total. The van der Waals surface area contributed by atoms with Crippen LogP contribution in [0.5, 0.6) is 11.6 Å². The van der Waals surface area contributed by atoms with Gasteiger partial charge in [-0.2, -0.15) is 0 Å². The van der Waals surface area contributed by atoms with Crippen molar-refractivity contribution in [2.24, 2.45) is 0 Å². The number of para-hydroxylation sites is 1. The maximum atomic E-state index is 5.98. The number of allylic oxidation sites excluding steroid dienone is 1. The summed E-state index contributed by atoms with van der Waals surface area (Å²) in [6, 6.07) is 7.90.